The van der Waals surface area contributed by atoms with Crippen molar-refractivity contribution < 1.29 is 14.5 Å². The maximum atomic E-state index is 11.7. The Balaban J connectivity index is 2.92. The molecule has 19 heavy (non-hydrogen) atoms. The van der Waals surface area contributed by atoms with Crippen LogP contribution in [0, 0.1) is 10.1 Å². The minimum absolute atomic E-state index is 0.0858. The van der Waals surface area contributed by atoms with Crippen molar-refractivity contribution in [3.05, 3.63) is 28.3 Å². The summed E-state index contributed by atoms with van der Waals surface area (Å²) < 4.78 is 4.96. The number of carbonyl (C=O) groups excluding carboxylic acids is 1. The summed E-state index contributed by atoms with van der Waals surface area (Å²) in [5.74, 6) is 0.0665. The van der Waals surface area contributed by atoms with E-state index in [0.29, 0.717) is 5.69 Å². The van der Waals surface area contributed by atoms with Gasteiger partial charge in [0.25, 0.3) is 0 Å². The monoisotopic (exact) mass is 267 g/mol. The number of rotatable bonds is 5. The molecule has 0 aliphatic rings. The molecule has 1 N–H and O–H groups in total. The molecule has 1 atom stereocenters. The lowest BCUT2D eigenvalue weighted by atomic mass is 10.2. The molecule has 1 aromatic carbocycles. The number of hydrogen-bond acceptors (Lipinski definition) is 5. The summed E-state index contributed by atoms with van der Waals surface area (Å²) in [6.07, 6.45) is 0. The quantitative estimate of drug-likeness (QED) is 0.645. The van der Waals surface area contributed by atoms with E-state index in [4.69, 9.17) is 4.74 Å². The number of amides is 1. The van der Waals surface area contributed by atoms with Gasteiger partial charge in [-0.05, 0) is 13.0 Å². The number of nitro groups is 1. The molecule has 0 aliphatic carbocycles. The Morgan fingerprint density at radius 3 is 2.58 bits per heavy atom. The number of hydrogen-bond donors (Lipinski definition) is 1. The zero-order valence-corrected chi connectivity index (χ0v) is 11.3. The summed E-state index contributed by atoms with van der Waals surface area (Å²) in [5, 5.41) is 13.7. The summed E-state index contributed by atoms with van der Waals surface area (Å²) >= 11 is 0. The van der Waals surface area contributed by atoms with Crippen LogP contribution in [0.25, 0.3) is 0 Å². The van der Waals surface area contributed by atoms with Gasteiger partial charge in [-0.1, -0.05) is 0 Å². The van der Waals surface area contributed by atoms with Crippen LogP contribution in [0.5, 0.6) is 5.75 Å². The predicted octanol–water partition coefficient (Wildman–Crippen LogP) is 1.49. The van der Waals surface area contributed by atoms with Crippen LogP contribution >= 0.6 is 0 Å². The minimum atomic E-state index is -0.517. The van der Waals surface area contributed by atoms with E-state index in [2.05, 4.69) is 5.32 Å². The van der Waals surface area contributed by atoms with Gasteiger partial charge in [0.05, 0.1) is 12.0 Å². The zero-order chi connectivity index (χ0) is 14.6. The summed E-state index contributed by atoms with van der Waals surface area (Å²) in [4.78, 5) is 23.4. The highest BCUT2D eigenvalue weighted by molar-refractivity contribution is 5.84. The molecule has 0 heterocycles. The number of carbonyl (C=O) groups is 1. The van der Waals surface area contributed by atoms with E-state index in [1.165, 1.54) is 24.1 Å². The lowest BCUT2D eigenvalue weighted by molar-refractivity contribution is -0.385. The minimum Gasteiger partial charge on any atom is -0.490 e. The molecular formula is C12H17N3O4. The molecule has 0 saturated carbocycles. The number of anilines is 1. The van der Waals surface area contributed by atoms with Crippen molar-refractivity contribution in [2.24, 2.45) is 0 Å². The standard InChI is InChI=1S/C12H17N3O4/c1-8(12(16)14(2)3)13-9-5-6-10(15(17)18)11(7-9)19-4/h5-8,13H,1-4H3. The molecule has 1 unspecified atom stereocenters. The van der Waals surface area contributed by atoms with Crippen LogP contribution in [0.15, 0.2) is 18.2 Å². The molecule has 1 aromatic rings. The maximum Gasteiger partial charge on any atom is 0.311 e. The topological polar surface area (TPSA) is 84.7 Å². The van der Waals surface area contributed by atoms with Crippen molar-refractivity contribution in [2.45, 2.75) is 13.0 Å². The van der Waals surface area contributed by atoms with Crippen LogP contribution in [-0.4, -0.2) is 43.0 Å². The third-order valence-corrected chi connectivity index (χ3v) is 2.57. The number of benzene rings is 1. The van der Waals surface area contributed by atoms with E-state index in [-0.39, 0.29) is 17.3 Å². The summed E-state index contributed by atoms with van der Waals surface area (Å²) in [5.41, 5.74) is 0.477. The van der Waals surface area contributed by atoms with E-state index >= 15 is 0 Å². The lowest BCUT2D eigenvalue weighted by Crippen LogP contribution is -2.36. The first-order chi connectivity index (χ1) is 8.86. The van der Waals surface area contributed by atoms with Crippen molar-refractivity contribution in [1.82, 2.24) is 4.90 Å². The van der Waals surface area contributed by atoms with Gasteiger partial charge >= 0.3 is 5.69 Å². The fourth-order valence-corrected chi connectivity index (χ4v) is 1.62. The molecule has 7 nitrogen and oxygen atoms in total. The van der Waals surface area contributed by atoms with E-state index in [0.717, 1.165) is 0 Å². The molecule has 0 radical (unpaired) electrons. The fraction of sp³-hybridized carbons (Fsp3) is 0.417. The Kier molecular flexibility index (Phi) is 4.68. The molecule has 1 amide bonds. The van der Waals surface area contributed by atoms with Gasteiger partial charge in [-0.25, -0.2) is 0 Å². The number of ether oxygens (including phenoxy) is 1. The van der Waals surface area contributed by atoms with E-state index in [9.17, 15) is 14.9 Å². The largest absolute Gasteiger partial charge is 0.490 e. The third-order valence-electron chi connectivity index (χ3n) is 2.57. The average molecular weight is 267 g/mol. The first kappa shape index (κ1) is 14.7. The molecule has 1 rings (SSSR count). The van der Waals surface area contributed by atoms with Crippen LogP contribution in [0.4, 0.5) is 11.4 Å². The van der Waals surface area contributed by atoms with Crippen LogP contribution in [-0.2, 0) is 4.79 Å². The predicted molar refractivity (Wildman–Crippen MR) is 71.4 cm³/mol. The van der Waals surface area contributed by atoms with E-state index in [1.54, 1.807) is 27.1 Å². The van der Waals surface area contributed by atoms with Gasteiger partial charge in [0.2, 0.25) is 5.91 Å². The second-order valence-corrected chi connectivity index (χ2v) is 4.24. The smallest absolute Gasteiger partial charge is 0.311 e. The molecule has 0 bridgehead atoms. The molecule has 104 valence electrons. The second kappa shape index (κ2) is 6.03. The molecule has 0 saturated heterocycles. The van der Waals surface area contributed by atoms with Gasteiger partial charge in [0, 0.05) is 31.9 Å². The first-order valence-corrected chi connectivity index (χ1v) is 5.67. The van der Waals surface area contributed by atoms with Crippen LogP contribution < -0.4 is 10.1 Å². The second-order valence-electron chi connectivity index (χ2n) is 4.24. The van der Waals surface area contributed by atoms with Crippen molar-refractivity contribution in [2.75, 3.05) is 26.5 Å². The van der Waals surface area contributed by atoms with Crippen LogP contribution in [0.1, 0.15) is 6.92 Å². The van der Waals surface area contributed by atoms with Gasteiger partial charge < -0.3 is 15.0 Å². The van der Waals surface area contributed by atoms with Gasteiger partial charge in [-0.2, -0.15) is 0 Å². The van der Waals surface area contributed by atoms with Gasteiger partial charge in [-0.3, -0.25) is 14.9 Å². The average Bonchev–Trinajstić information content (AvgIpc) is 2.36. The molecule has 0 aromatic heterocycles. The number of methoxy groups -OCH3 is 1. The summed E-state index contributed by atoms with van der Waals surface area (Å²) in [6.45, 7) is 1.72. The highest BCUT2D eigenvalue weighted by Gasteiger charge is 2.18. The molecule has 0 spiro atoms. The van der Waals surface area contributed by atoms with Crippen LogP contribution in [0.2, 0.25) is 0 Å². The first-order valence-electron chi connectivity index (χ1n) is 5.67. The van der Waals surface area contributed by atoms with E-state index in [1.807, 2.05) is 0 Å². The third kappa shape index (κ3) is 3.57. The lowest BCUT2D eigenvalue weighted by Gasteiger charge is -2.19. The Labute approximate surface area is 111 Å². The molecular weight excluding hydrogens is 250 g/mol. The SMILES string of the molecule is COc1cc(NC(C)C(=O)N(C)C)ccc1[N+](=O)[O-]. The number of nitrogens with zero attached hydrogens (tertiary/aromatic N) is 2. The van der Waals surface area contributed by atoms with Gasteiger partial charge in [0.15, 0.2) is 5.75 Å². The number of likely N-dealkylation sites (N-methyl/N-ethyl adjacent to an activating group) is 1. The summed E-state index contributed by atoms with van der Waals surface area (Å²) in [6, 6.07) is 3.95. The van der Waals surface area contributed by atoms with Crippen LogP contribution in [0.3, 0.4) is 0 Å². The fourth-order valence-electron chi connectivity index (χ4n) is 1.62. The Hall–Kier alpha value is -2.31. The maximum absolute atomic E-state index is 11.7. The van der Waals surface area contributed by atoms with Crippen molar-refractivity contribution >= 4 is 17.3 Å². The van der Waals surface area contributed by atoms with Crippen molar-refractivity contribution in [1.29, 1.82) is 0 Å². The zero-order valence-electron chi connectivity index (χ0n) is 11.3. The van der Waals surface area contributed by atoms with Crippen molar-refractivity contribution in [3.8, 4) is 5.75 Å². The highest BCUT2D eigenvalue weighted by Crippen LogP contribution is 2.29. The van der Waals surface area contributed by atoms with Gasteiger partial charge in [-0.15, -0.1) is 0 Å². The molecule has 0 aliphatic heterocycles. The normalized spacial score (nSPS) is 11.6. The number of nitro benzene ring substituents is 1. The summed E-state index contributed by atoms with van der Waals surface area (Å²) in [7, 11) is 4.69. The van der Waals surface area contributed by atoms with Crippen molar-refractivity contribution in [3.63, 3.8) is 0 Å². The van der Waals surface area contributed by atoms with E-state index < -0.39 is 11.0 Å². The Bertz CT molecular complexity index is 488. The number of nitrogens with one attached hydrogen (secondary N) is 1. The van der Waals surface area contributed by atoms with Gasteiger partial charge in [0.1, 0.15) is 6.04 Å². The molecule has 0 fully saturated rings. The highest BCUT2D eigenvalue weighted by atomic mass is 16.6. The Morgan fingerprint density at radius 1 is 1.47 bits per heavy atom. The Morgan fingerprint density at radius 2 is 2.11 bits per heavy atom. The molecule has 7 heteroatoms.